The van der Waals surface area contributed by atoms with E-state index in [0.29, 0.717) is 6.42 Å². The molecule has 0 saturated heterocycles. The molecule has 0 atom stereocenters. The molecule has 0 aromatic carbocycles. The highest BCUT2D eigenvalue weighted by atomic mass is 32.3. The third-order valence-corrected chi connectivity index (χ3v) is 10.1. The molecule has 0 amide bonds. The summed E-state index contributed by atoms with van der Waals surface area (Å²) in [5, 5.41) is 0. The minimum Gasteiger partial charge on any atom is -0.726 e. The lowest BCUT2D eigenvalue weighted by molar-refractivity contribution is 0.257. The average Bonchev–Trinajstić information content (AvgIpc) is 2.60. The molecule has 0 unspecified atom stereocenters. The maximum absolute atomic E-state index is 9.73. The largest absolute Gasteiger partial charge is 0.726 e. The second kappa shape index (κ2) is 15.1. The van der Waals surface area contributed by atoms with Crippen LogP contribution in [0.4, 0.5) is 0 Å². The van der Waals surface area contributed by atoms with Gasteiger partial charge in [-0.15, -0.1) is 0 Å². The van der Waals surface area contributed by atoms with Gasteiger partial charge in [0.2, 0.25) is 18.1 Å². The van der Waals surface area contributed by atoms with Crippen LogP contribution in [0.2, 0.25) is 0 Å². The van der Waals surface area contributed by atoms with Gasteiger partial charge in [-0.2, -0.15) is 14.0 Å². The number of unbranched alkanes of at least 4 members (excludes halogenated alkanes) is 2. The lowest BCUT2D eigenvalue weighted by Gasteiger charge is -2.43. The van der Waals surface area contributed by atoms with Crippen LogP contribution < -0.4 is 0 Å². The average molecular weight is 416 g/mol. The number of hydrogen-bond acceptors (Lipinski definition) is 7. The monoisotopic (exact) mass is 415 g/mol. The molecule has 0 fully saturated rings. The molecule has 0 aromatic rings. The number of hydrogen-bond donors (Lipinski definition) is 0. The lowest BCUT2D eigenvalue weighted by atomic mass is 10.4. The van der Waals surface area contributed by atoms with E-state index < -0.39 is 18.1 Å². The van der Waals surface area contributed by atoms with Gasteiger partial charge in [0.1, 0.15) is 6.16 Å². The molecular weight excluding hydrogens is 373 g/mol. The van der Waals surface area contributed by atoms with Crippen LogP contribution in [0.1, 0.15) is 60.3 Å². The molecule has 0 aliphatic rings. The van der Waals surface area contributed by atoms with E-state index in [2.05, 4.69) is 67.0 Å². The maximum atomic E-state index is 9.73. The van der Waals surface area contributed by atoms with Crippen molar-refractivity contribution in [1.29, 1.82) is 0 Å². The smallest absolute Gasteiger partial charge is 0.226 e. The summed E-state index contributed by atoms with van der Waals surface area (Å²) in [6, 6.07) is 0. The molecule has 0 saturated carbocycles. The first kappa shape index (κ1) is 28.4. The number of nitrogens with zero attached hydrogens (tertiary/aromatic N) is 3. The molecule has 0 N–H and O–H groups in total. The van der Waals surface area contributed by atoms with Crippen LogP contribution in [0, 0.1) is 0 Å². The zero-order valence-corrected chi connectivity index (χ0v) is 19.9. The summed E-state index contributed by atoms with van der Waals surface area (Å²) in [5.41, 5.74) is 0. The SMILES string of the molecule is CCCCOS(=O)(=O)[O-].CCCC[P+](N(C)CC)(N(C)CC)N(C)CC. The first-order valence-corrected chi connectivity index (χ1v) is 12.9. The molecule has 0 spiro atoms. The van der Waals surface area contributed by atoms with Gasteiger partial charge in [0, 0.05) is 40.8 Å². The Bertz CT molecular complexity index is 411. The third-order valence-electron chi connectivity index (χ3n) is 4.55. The van der Waals surface area contributed by atoms with Gasteiger partial charge in [0.05, 0.1) is 6.61 Å². The molecule has 9 heteroatoms. The molecule has 0 bridgehead atoms. The molecule has 0 heterocycles. The Balaban J connectivity index is 0. The van der Waals surface area contributed by atoms with Crippen LogP contribution in [-0.4, -0.2) is 80.5 Å². The molecule has 0 rings (SSSR count). The van der Waals surface area contributed by atoms with Crippen LogP contribution in [0.5, 0.6) is 0 Å². The zero-order chi connectivity index (χ0) is 20.8. The molecule has 0 radical (unpaired) electrons. The first-order valence-electron chi connectivity index (χ1n) is 9.70. The van der Waals surface area contributed by atoms with Crippen molar-refractivity contribution in [3.05, 3.63) is 0 Å². The van der Waals surface area contributed by atoms with Crippen molar-refractivity contribution < 1.29 is 17.2 Å². The van der Waals surface area contributed by atoms with Gasteiger partial charge in [0.25, 0.3) is 0 Å². The van der Waals surface area contributed by atoms with Crippen molar-refractivity contribution in [3.63, 3.8) is 0 Å². The second-order valence-corrected chi connectivity index (χ2v) is 11.2. The van der Waals surface area contributed by atoms with Crippen molar-refractivity contribution in [2.24, 2.45) is 0 Å². The summed E-state index contributed by atoms with van der Waals surface area (Å²) in [7, 11) is 1.15. The topological polar surface area (TPSA) is 76.1 Å². The maximum Gasteiger partial charge on any atom is 0.226 e. The highest BCUT2D eigenvalue weighted by Gasteiger charge is 2.49. The highest BCUT2D eigenvalue weighted by Crippen LogP contribution is 2.65. The molecule has 0 aliphatic carbocycles. The predicted octanol–water partition coefficient (Wildman–Crippen LogP) is 3.67. The molecular formula is C17H42N3O4PS. The highest BCUT2D eigenvalue weighted by molar-refractivity contribution is 7.80. The van der Waals surface area contributed by atoms with Gasteiger partial charge >= 0.3 is 0 Å². The van der Waals surface area contributed by atoms with Gasteiger partial charge in [-0.25, -0.2) is 8.42 Å². The third kappa shape index (κ3) is 10.5. The van der Waals surface area contributed by atoms with Crippen molar-refractivity contribution in [2.45, 2.75) is 60.3 Å². The van der Waals surface area contributed by atoms with Gasteiger partial charge in [-0.1, -0.05) is 26.7 Å². The van der Waals surface area contributed by atoms with E-state index in [1.807, 2.05) is 6.92 Å². The Morgan fingerprint density at radius 2 is 1.19 bits per heavy atom. The van der Waals surface area contributed by atoms with Crippen molar-refractivity contribution in [2.75, 3.05) is 53.5 Å². The molecule has 7 nitrogen and oxygen atoms in total. The molecule has 0 aliphatic heterocycles. The fraction of sp³-hybridized carbons (Fsp3) is 1.00. The van der Waals surface area contributed by atoms with E-state index in [-0.39, 0.29) is 6.61 Å². The Morgan fingerprint density at radius 3 is 1.46 bits per heavy atom. The van der Waals surface area contributed by atoms with Crippen LogP contribution in [0.3, 0.4) is 0 Å². The fourth-order valence-electron chi connectivity index (χ4n) is 2.65. The summed E-state index contributed by atoms with van der Waals surface area (Å²) in [6.45, 7) is 14.4. The van der Waals surface area contributed by atoms with Crippen LogP contribution >= 0.6 is 7.71 Å². The summed E-state index contributed by atoms with van der Waals surface area (Å²) in [4.78, 5) is 0. The lowest BCUT2D eigenvalue weighted by Crippen LogP contribution is -2.42. The number of rotatable bonds is 13. The van der Waals surface area contributed by atoms with Crippen molar-refractivity contribution in [1.82, 2.24) is 14.0 Å². The fourth-order valence-corrected chi connectivity index (χ4v) is 7.66. The minimum absolute atomic E-state index is 0.00231. The predicted molar refractivity (Wildman–Crippen MR) is 112 cm³/mol. The van der Waals surface area contributed by atoms with Crippen LogP contribution in [0.25, 0.3) is 0 Å². The molecule has 26 heavy (non-hydrogen) atoms. The Labute approximate surface area is 163 Å². The summed E-state index contributed by atoms with van der Waals surface area (Å²) in [6.07, 6.45) is 5.35. The van der Waals surface area contributed by atoms with Crippen molar-refractivity contribution >= 4 is 18.1 Å². The van der Waals surface area contributed by atoms with Crippen LogP contribution in [-0.2, 0) is 14.6 Å². The van der Waals surface area contributed by atoms with E-state index in [4.69, 9.17) is 0 Å². The summed E-state index contributed by atoms with van der Waals surface area (Å²) >= 11 is 0. The normalized spacial score (nSPS) is 12.6. The zero-order valence-electron chi connectivity index (χ0n) is 18.2. The quantitative estimate of drug-likeness (QED) is 0.197. The molecule has 0 aromatic heterocycles. The van der Waals surface area contributed by atoms with E-state index >= 15 is 0 Å². The summed E-state index contributed by atoms with van der Waals surface area (Å²) in [5.74, 6) is 0. The first-order chi connectivity index (χ1) is 12.1. The van der Waals surface area contributed by atoms with E-state index in [1.165, 1.54) is 19.0 Å². The van der Waals surface area contributed by atoms with Gasteiger partial charge in [-0.05, 0) is 33.6 Å². The van der Waals surface area contributed by atoms with Gasteiger partial charge < -0.3 is 4.55 Å². The Morgan fingerprint density at radius 1 is 0.808 bits per heavy atom. The van der Waals surface area contributed by atoms with Crippen molar-refractivity contribution in [3.8, 4) is 0 Å². The van der Waals surface area contributed by atoms with E-state index in [9.17, 15) is 13.0 Å². The van der Waals surface area contributed by atoms with E-state index in [1.54, 1.807) is 0 Å². The Hall–Kier alpha value is 0.180. The molecule has 160 valence electrons. The summed E-state index contributed by atoms with van der Waals surface area (Å²) < 4.78 is 40.9. The van der Waals surface area contributed by atoms with Gasteiger partial charge in [0.15, 0.2) is 0 Å². The Kier molecular flexibility index (Phi) is 16.5. The van der Waals surface area contributed by atoms with E-state index in [0.717, 1.165) is 26.1 Å². The minimum atomic E-state index is -4.45. The van der Waals surface area contributed by atoms with Crippen LogP contribution in [0.15, 0.2) is 0 Å². The second-order valence-electron chi connectivity index (χ2n) is 6.28. The van der Waals surface area contributed by atoms with Gasteiger partial charge in [-0.3, -0.25) is 4.18 Å². The standard InChI is InChI=1S/C13H33N3P.C4H10O4S/c1-8-12-13-17(14(5)9-2,15(6)10-3)16(7)11-4;1-2-3-4-8-9(5,6)7/h8-13H2,1-7H3;2-4H2,1H3,(H,5,6,7)/q+1;/p-1.